The van der Waals surface area contributed by atoms with Gasteiger partial charge in [0.1, 0.15) is 0 Å². The number of hydrogen-bond acceptors (Lipinski definition) is 0. The minimum atomic E-state index is 0.547. The second-order valence-corrected chi connectivity index (χ2v) is 4.67. The number of allylic oxidation sites excluding steroid dienone is 1. The number of fused-ring (bicyclic) bond motifs is 1. The van der Waals surface area contributed by atoms with Gasteiger partial charge in [0.25, 0.3) is 0 Å². The van der Waals surface area contributed by atoms with Crippen molar-refractivity contribution >= 4 is 10.8 Å². The average Bonchev–Trinajstić information content (AvgIpc) is 3.15. The number of benzene rings is 2. The van der Waals surface area contributed by atoms with Gasteiger partial charge in [-0.15, -0.1) is 6.58 Å². The molecular formula is C16H16. The van der Waals surface area contributed by atoms with Gasteiger partial charge in [0.2, 0.25) is 0 Å². The quantitative estimate of drug-likeness (QED) is 0.650. The molecule has 1 aliphatic carbocycles. The molecule has 0 N–H and O–H groups in total. The summed E-state index contributed by atoms with van der Waals surface area (Å²) in [5.41, 5.74) is 1.45. The zero-order valence-corrected chi connectivity index (χ0v) is 9.39. The molecule has 0 amide bonds. The minimum Gasteiger partial charge on any atom is -0.102 e. The Hall–Kier alpha value is -1.56. The van der Waals surface area contributed by atoms with Crippen LogP contribution in [0.1, 0.15) is 24.3 Å². The van der Waals surface area contributed by atoms with Crippen LogP contribution in [0.15, 0.2) is 55.1 Å². The molecular weight excluding hydrogens is 192 g/mol. The maximum Gasteiger partial charge on any atom is 0.00497 e. The van der Waals surface area contributed by atoms with Gasteiger partial charge in [-0.1, -0.05) is 48.5 Å². The summed E-state index contributed by atoms with van der Waals surface area (Å²) in [7, 11) is 0. The van der Waals surface area contributed by atoms with E-state index < -0.39 is 0 Å². The van der Waals surface area contributed by atoms with Crippen LogP contribution in [-0.4, -0.2) is 0 Å². The molecule has 3 rings (SSSR count). The first-order valence-corrected chi connectivity index (χ1v) is 6.00. The normalized spacial score (nSPS) is 17.2. The van der Waals surface area contributed by atoms with E-state index in [-0.39, 0.29) is 0 Å². The Morgan fingerprint density at radius 3 is 2.56 bits per heavy atom. The Bertz CT molecular complexity index is 515. The predicted octanol–water partition coefficient (Wildman–Crippen LogP) is 4.52. The van der Waals surface area contributed by atoms with E-state index in [0.717, 1.165) is 5.92 Å². The monoisotopic (exact) mass is 208 g/mol. The summed E-state index contributed by atoms with van der Waals surface area (Å²) < 4.78 is 0. The lowest BCUT2D eigenvalue weighted by Crippen LogP contribution is -1.97. The highest BCUT2D eigenvalue weighted by molar-refractivity contribution is 5.86. The van der Waals surface area contributed by atoms with E-state index in [0.29, 0.717) is 5.92 Å². The maximum absolute atomic E-state index is 4.01. The molecule has 1 saturated carbocycles. The van der Waals surface area contributed by atoms with Crippen LogP contribution < -0.4 is 0 Å². The zero-order chi connectivity index (χ0) is 11.0. The van der Waals surface area contributed by atoms with Crippen LogP contribution >= 0.6 is 0 Å². The molecule has 80 valence electrons. The standard InChI is InChI=1S/C16H16/c1-2-14(13-10-11-13)16-9-5-7-12-6-3-4-8-15(12)16/h2-9,13-14H,1,10-11H2. The molecule has 1 atom stereocenters. The van der Waals surface area contributed by atoms with Crippen LogP contribution in [0.3, 0.4) is 0 Å². The van der Waals surface area contributed by atoms with Crippen LogP contribution in [0.25, 0.3) is 10.8 Å². The highest BCUT2D eigenvalue weighted by atomic mass is 14.3. The highest BCUT2D eigenvalue weighted by Crippen LogP contribution is 2.44. The van der Waals surface area contributed by atoms with Crippen LogP contribution in [0.4, 0.5) is 0 Å². The maximum atomic E-state index is 4.01. The lowest BCUT2D eigenvalue weighted by atomic mass is 9.90. The summed E-state index contributed by atoms with van der Waals surface area (Å²) in [5.74, 6) is 1.38. The first kappa shape index (κ1) is 9.65. The third-order valence-electron chi connectivity index (χ3n) is 3.57. The third-order valence-corrected chi connectivity index (χ3v) is 3.57. The lowest BCUT2D eigenvalue weighted by molar-refractivity contribution is 0.735. The largest absolute Gasteiger partial charge is 0.102 e. The van der Waals surface area contributed by atoms with Crippen molar-refractivity contribution in [2.45, 2.75) is 18.8 Å². The molecule has 0 radical (unpaired) electrons. The summed E-state index contributed by atoms with van der Waals surface area (Å²) in [6, 6.07) is 15.2. The van der Waals surface area contributed by atoms with Crippen molar-refractivity contribution in [1.82, 2.24) is 0 Å². The Labute approximate surface area is 96.6 Å². The molecule has 16 heavy (non-hydrogen) atoms. The molecule has 2 aromatic rings. The molecule has 0 bridgehead atoms. The minimum absolute atomic E-state index is 0.547. The first-order valence-electron chi connectivity index (χ1n) is 6.00. The van der Waals surface area contributed by atoms with E-state index >= 15 is 0 Å². The van der Waals surface area contributed by atoms with Gasteiger partial charge < -0.3 is 0 Å². The van der Waals surface area contributed by atoms with Crippen LogP contribution in [0.2, 0.25) is 0 Å². The zero-order valence-electron chi connectivity index (χ0n) is 9.39. The Kier molecular flexibility index (Phi) is 2.28. The molecule has 0 heteroatoms. The van der Waals surface area contributed by atoms with Gasteiger partial charge in [-0.3, -0.25) is 0 Å². The van der Waals surface area contributed by atoms with E-state index in [4.69, 9.17) is 0 Å². The van der Waals surface area contributed by atoms with Gasteiger partial charge in [-0.25, -0.2) is 0 Å². The van der Waals surface area contributed by atoms with E-state index in [9.17, 15) is 0 Å². The van der Waals surface area contributed by atoms with Crippen molar-refractivity contribution in [2.24, 2.45) is 5.92 Å². The fourth-order valence-electron chi connectivity index (χ4n) is 2.57. The Morgan fingerprint density at radius 2 is 1.81 bits per heavy atom. The SMILES string of the molecule is C=CC(c1cccc2ccccc12)C1CC1. The molecule has 0 aromatic heterocycles. The van der Waals surface area contributed by atoms with Crippen molar-refractivity contribution in [1.29, 1.82) is 0 Å². The third kappa shape index (κ3) is 1.55. The van der Waals surface area contributed by atoms with Gasteiger partial charge in [-0.2, -0.15) is 0 Å². The molecule has 0 nitrogen and oxygen atoms in total. The predicted molar refractivity (Wildman–Crippen MR) is 69.6 cm³/mol. The molecule has 1 fully saturated rings. The van der Waals surface area contributed by atoms with Crippen molar-refractivity contribution in [3.8, 4) is 0 Å². The average molecular weight is 208 g/mol. The summed E-state index contributed by atoms with van der Waals surface area (Å²) in [5, 5.41) is 2.73. The van der Waals surface area contributed by atoms with Gasteiger partial charge in [-0.05, 0) is 35.1 Å². The molecule has 0 spiro atoms. The summed E-state index contributed by atoms with van der Waals surface area (Å²) in [4.78, 5) is 0. The lowest BCUT2D eigenvalue weighted by Gasteiger charge is -2.14. The van der Waals surface area contributed by atoms with E-state index in [1.807, 2.05) is 0 Å². The Morgan fingerprint density at radius 1 is 1.06 bits per heavy atom. The molecule has 0 saturated heterocycles. The second-order valence-electron chi connectivity index (χ2n) is 4.67. The smallest absolute Gasteiger partial charge is 0.00497 e. The summed E-state index contributed by atoms with van der Waals surface area (Å²) in [6.07, 6.45) is 4.85. The van der Waals surface area contributed by atoms with E-state index in [2.05, 4.69) is 55.1 Å². The van der Waals surface area contributed by atoms with Crippen molar-refractivity contribution in [3.05, 3.63) is 60.7 Å². The van der Waals surface area contributed by atoms with Crippen LogP contribution in [0, 0.1) is 5.92 Å². The summed E-state index contributed by atoms with van der Waals surface area (Å²) >= 11 is 0. The molecule has 0 heterocycles. The Balaban J connectivity index is 2.17. The molecule has 0 aliphatic heterocycles. The highest BCUT2D eigenvalue weighted by Gasteiger charge is 2.30. The van der Waals surface area contributed by atoms with Gasteiger partial charge in [0, 0.05) is 5.92 Å². The topological polar surface area (TPSA) is 0 Å². The van der Waals surface area contributed by atoms with Crippen LogP contribution in [0.5, 0.6) is 0 Å². The van der Waals surface area contributed by atoms with Crippen LogP contribution in [-0.2, 0) is 0 Å². The molecule has 2 aromatic carbocycles. The molecule has 1 unspecified atom stereocenters. The fourth-order valence-corrected chi connectivity index (χ4v) is 2.57. The van der Waals surface area contributed by atoms with E-state index in [1.165, 1.54) is 29.2 Å². The molecule has 1 aliphatic rings. The summed E-state index contributed by atoms with van der Waals surface area (Å²) in [6.45, 7) is 4.01. The van der Waals surface area contributed by atoms with Crippen molar-refractivity contribution in [3.63, 3.8) is 0 Å². The van der Waals surface area contributed by atoms with E-state index in [1.54, 1.807) is 0 Å². The first-order chi connectivity index (χ1) is 7.90. The fraction of sp³-hybridized carbons (Fsp3) is 0.250. The number of rotatable bonds is 3. The van der Waals surface area contributed by atoms with Crippen molar-refractivity contribution in [2.75, 3.05) is 0 Å². The van der Waals surface area contributed by atoms with Gasteiger partial charge in [0.05, 0.1) is 0 Å². The number of hydrogen-bond donors (Lipinski definition) is 0. The van der Waals surface area contributed by atoms with Gasteiger partial charge in [0.15, 0.2) is 0 Å². The second kappa shape index (κ2) is 3.79. The van der Waals surface area contributed by atoms with Crippen molar-refractivity contribution < 1.29 is 0 Å². The van der Waals surface area contributed by atoms with Gasteiger partial charge >= 0.3 is 0 Å².